The fourth-order valence-corrected chi connectivity index (χ4v) is 4.29. The predicted octanol–water partition coefficient (Wildman–Crippen LogP) is 3.30. The Morgan fingerprint density at radius 2 is 1.94 bits per heavy atom. The molecule has 2 amide bonds. The molecule has 0 atom stereocenters. The largest absolute Gasteiger partial charge is 0.459 e. The van der Waals surface area contributed by atoms with E-state index in [2.05, 4.69) is 9.97 Å². The number of fused-ring (bicyclic) bond motifs is 1. The molecule has 31 heavy (non-hydrogen) atoms. The maximum Gasteiger partial charge on any atom is 0.326 e. The highest BCUT2D eigenvalue weighted by Crippen LogP contribution is 2.28. The number of urea groups is 1. The minimum Gasteiger partial charge on any atom is -0.459 e. The number of hydrogen-bond acceptors (Lipinski definition) is 7. The minimum atomic E-state index is -0.603. The lowest BCUT2D eigenvalue weighted by Crippen LogP contribution is -2.38. The normalized spacial score (nSPS) is 14.4. The van der Waals surface area contributed by atoms with Crippen molar-refractivity contribution >= 4 is 39.1 Å². The average molecular weight is 439 g/mol. The molecule has 0 N–H and O–H groups in total. The van der Waals surface area contributed by atoms with E-state index in [0.29, 0.717) is 34.9 Å². The molecule has 160 valence electrons. The number of anilines is 1. The number of rotatable bonds is 4. The molecule has 0 radical (unpaired) electrons. The summed E-state index contributed by atoms with van der Waals surface area (Å²) in [5, 5.41) is 1.06. The van der Waals surface area contributed by atoms with Gasteiger partial charge in [-0.3, -0.25) is 19.5 Å². The van der Waals surface area contributed by atoms with Crippen molar-refractivity contribution in [3.05, 3.63) is 52.9 Å². The summed E-state index contributed by atoms with van der Waals surface area (Å²) >= 11 is 1.37. The van der Waals surface area contributed by atoms with E-state index < -0.39 is 11.6 Å². The second kappa shape index (κ2) is 8.07. The molecule has 0 bridgehead atoms. The Morgan fingerprint density at radius 1 is 1.16 bits per heavy atom. The number of pyridine rings is 1. The van der Waals surface area contributed by atoms with Gasteiger partial charge in [0.05, 0.1) is 5.39 Å². The lowest BCUT2D eigenvalue weighted by atomic mass is 10.2. The van der Waals surface area contributed by atoms with Gasteiger partial charge in [-0.1, -0.05) is 12.1 Å². The molecule has 8 nitrogen and oxygen atoms in total. The lowest BCUT2D eigenvalue weighted by Gasteiger charge is -2.22. The standard InChI is InChI=1S/C22H22N4O4S/c1-22(2,3)30-18(27)13-25-10-11-26(21(25)29)14-8-9-23-16(12-14)20-24-19(28)15-6-4-5-7-17(15)31-20/h4-9,12H,10-11,13H2,1-3H3. The molecule has 9 heteroatoms. The predicted molar refractivity (Wildman–Crippen MR) is 119 cm³/mol. The van der Waals surface area contributed by atoms with Gasteiger partial charge in [-0.05, 0) is 45.0 Å². The van der Waals surface area contributed by atoms with Crippen LogP contribution in [0.1, 0.15) is 20.8 Å². The summed E-state index contributed by atoms with van der Waals surface area (Å²) in [6.45, 7) is 6.12. The first-order chi connectivity index (χ1) is 14.7. The summed E-state index contributed by atoms with van der Waals surface area (Å²) in [6.07, 6.45) is 1.59. The quantitative estimate of drug-likeness (QED) is 0.581. The molecule has 4 rings (SSSR count). The molecule has 1 aliphatic heterocycles. The first kappa shape index (κ1) is 20.9. The van der Waals surface area contributed by atoms with Gasteiger partial charge in [-0.2, -0.15) is 4.98 Å². The highest BCUT2D eigenvalue weighted by molar-refractivity contribution is 7.21. The van der Waals surface area contributed by atoms with Crippen molar-refractivity contribution in [2.45, 2.75) is 26.4 Å². The third-order valence-electron chi connectivity index (χ3n) is 4.64. The third kappa shape index (κ3) is 4.56. The molecule has 0 spiro atoms. The fourth-order valence-electron chi connectivity index (χ4n) is 3.32. The Bertz CT molecular complexity index is 1220. The van der Waals surface area contributed by atoms with Crippen molar-refractivity contribution in [1.82, 2.24) is 14.9 Å². The molecular weight excluding hydrogens is 416 g/mol. The number of carbonyl (C=O) groups is 2. The van der Waals surface area contributed by atoms with Crippen molar-refractivity contribution < 1.29 is 14.3 Å². The van der Waals surface area contributed by atoms with E-state index in [1.165, 1.54) is 16.2 Å². The van der Waals surface area contributed by atoms with Crippen LogP contribution in [0, 0.1) is 0 Å². The first-order valence-corrected chi connectivity index (χ1v) is 10.7. The van der Waals surface area contributed by atoms with Crippen molar-refractivity contribution in [3.8, 4) is 10.7 Å². The highest BCUT2D eigenvalue weighted by atomic mass is 32.1. The number of aromatic nitrogens is 2. The van der Waals surface area contributed by atoms with Gasteiger partial charge < -0.3 is 9.64 Å². The van der Waals surface area contributed by atoms with Crippen LogP contribution in [0.25, 0.3) is 20.8 Å². The van der Waals surface area contributed by atoms with Crippen LogP contribution < -0.4 is 10.5 Å². The van der Waals surface area contributed by atoms with Crippen molar-refractivity contribution in [2.75, 3.05) is 24.5 Å². The molecular formula is C22H22N4O4S. The Kier molecular flexibility index (Phi) is 5.45. The smallest absolute Gasteiger partial charge is 0.326 e. The van der Waals surface area contributed by atoms with E-state index in [1.54, 1.807) is 56.1 Å². The summed E-state index contributed by atoms with van der Waals surface area (Å²) in [5.74, 6) is -0.441. The van der Waals surface area contributed by atoms with E-state index in [-0.39, 0.29) is 18.1 Å². The third-order valence-corrected chi connectivity index (χ3v) is 5.71. The molecule has 3 aromatic rings. The minimum absolute atomic E-state index is 0.0988. The van der Waals surface area contributed by atoms with Crippen molar-refractivity contribution in [1.29, 1.82) is 0 Å². The average Bonchev–Trinajstić information content (AvgIpc) is 3.07. The maximum atomic E-state index is 12.8. The second-order valence-corrected chi connectivity index (χ2v) is 9.19. The van der Waals surface area contributed by atoms with Gasteiger partial charge in [-0.15, -0.1) is 11.3 Å². The van der Waals surface area contributed by atoms with Gasteiger partial charge in [0.1, 0.15) is 22.8 Å². The number of hydrogen-bond donors (Lipinski definition) is 0. The molecule has 0 unspecified atom stereocenters. The summed E-state index contributed by atoms with van der Waals surface area (Å²) in [5.41, 5.74) is 0.242. The molecule has 0 aliphatic carbocycles. The van der Waals surface area contributed by atoms with Crippen molar-refractivity contribution in [2.24, 2.45) is 0 Å². The highest BCUT2D eigenvalue weighted by Gasteiger charge is 2.32. The van der Waals surface area contributed by atoms with Crippen LogP contribution in [0.15, 0.2) is 47.4 Å². The topological polar surface area (TPSA) is 92.7 Å². The van der Waals surface area contributed by atoms with Gasteiger partial charge in [0.25, 0.3) is 5.56 Å². The number of carbonyl (C=O) groups excluding carboxylic acids is 2. The van der Waals surface area contributed by atoms with Crippen LogP contribution in [-0.4, -0.2) is 52.1 Å². The Balaban J connectivity index is 1.56. The van der Waals surface area contributed by atoms with Gasteiger partial charge in [-0.25, -0.2) is 4.79 Å². The van der Waals surface area contributed by atoms with Gasteiger partial charge >= 0.3 is 12.0 Å². The van der Waals surface area contributed by atoms with Crippen LogP contribution in [0.5, 0.6) is 0 Å². The van der Waals surface area contributed by atoms with E-state index in [1.807, 2.05) is 12.1 Å². The molecule has 1 fully saturated rings. The van der Waals surface area contributed by atoms with Crippen molar-refractivity contribution in [3.63, 3.8) is 0 Å². The number of benzene rings is 1. The molecule has 0 saturated carbocycles. The van der Waals surface area contributed by atoms with Crippen LogP contribution >= 0.6 is 11.3 Å². The van der Waals surface area contributed by atoms with Crippen LogP contribution in [0.4, 0.5) is 10.5 Å². The van der Waals surface area contributed by atoms with Crippen LogP contribution in [-0.2, 0) is 9.53 Å². The van der Waals surface area contributed by atoms with Gasteiger partial charge in [0.2, 0.25) is 0 Å². The van der Waals surface area contributed by atoms with Gasteiger partial charge in [0, 0.05) is 29.7 Å². The molecule has 1 aliphatic rings. The molecule has 1 aromatic carbocycles. The maximum absolute atomic E-state index is 12.8. The number of nitrogens with zero attached hydrogens (tertiary/aromatic N) is 4. The molecule has 1 saturated heterocycles. The summed E-state index contributed by atoms with van der Waals surface area (Å²) < 4.78 is 6.14. The second-order valence-electron chi connectivity index (χ2n) is 8.16. The first-order valence-electron chi connectivity index (χ1n) is 9.86. The molecule has 2 aromatic heterocycles. The Morgan fingerprint density at radius 3 is 2.71 bits per heavy atom. The number of ether oxygens (including phenoxy) is 1. The SMILES string of the molecule is CC(C)(C)OC(=O)CN1CCN(c2ccnc(-c3nc(=O)c4ccccc4s3)c2)C1=O. The number of amides is 2. The zero-order valence-electron chi connectivity index (χ0n) is 17.5. The summed E-state index contributed by atoms with van der Waals surface area (Å²) in [7, 11) is 0. The lowest BCUT2D eigenvalue weighted by molar-refractivity contribution is -0.155. The fraction of sp³-hybridized carbons (Fsp3) is 0.318. The zero-order chi connectivity index (χ0) is 22.2. The van der Waals surface area contributed by atoms with Crippen LogP contribution in [0.3, 0.4) is 0 Å². The van der Waals surface area contributed by atoms with E-state index in [4.69, 9.17) is 4.74 Å². The van der Waals surface area contributed by atoms with Crippen LogP contribution in [0.2, 0.25) is 0 Å². The number of esters is 1. The monoisotopic (exact) mass is 438 g/mol. The summed E-state index contributed by atoms with van der Waals surface area (Å²) in [4.78, 5) is 48.9. The molecule has 3 heterocycles. The zero-order valence-corrected chi connectivity index (χ0v) is 18.3. The Hall–Kier alpha value is -3.33. The van der Waals surface area contributed by atoms with Gasteiger partial charge in [0.15, 0.2) is 0 Å². The van der Waals surface area contributed by atoms with E-state index >= 15 is 0 Å². The van der Waals surface area contributed by atoms with E-state index in [9.17, 15) is 14.4 Å². The summed E-state index contributed by atoms with van der Waals surface area (Å²) in [6, 6.07) is 10.5. The van der Waals surface area contributed by atoms with E-state index in [0.717, 1.165) is 4.70 Å². The Labute approximate surface area is 183 Å².